The minimum absolute atomic E-state index is 0.171. The fourth-order valence-corrected chi connectivity index (χ4v) is 3.20. The summed E-state index contributed by atoms with van der Waals surface area (Å²) in [6.45, 7) is 2.23. The van der Waals surface area contributed by atoms with E-state index in [0.29, 0.717) is 16.7 Å². The molecule has 0 saturated carbocycles. The first-order valence-corrected chi connectivity index (χ1v) is 9.25. The van der Waals surface area contributed by atoms with E-state index in [0.717, 1.165) is 17.7 Å². The Balaban J connectivity index is 2.07. The molecule has 0 saturated heterocycles. The summed E-state index contributed by atoms with van der Waals surface area (Å²) in [6, 6.07) is 22.8. The van der Waals surface area contributed by atoms with Crippen molar-refractivity contribution in [1.29, 1.82) is 5.26 Å². The molecule has 5 heteroatoms. The average Bonchev–Trinajstić information content (AvgIpc) is 2.77. The van der Waals surface area contributed by atoms with Gasteiger partial charge in [0.15, 0.2) is 0 Å². The van der Waals surface area contributed by atoms with E-state index in [-0.39, 0.29) is 18.0 Å². The number of aromatic carboxylic acids is 1. The number of para-hydroxylation sites is 1. The zero-order valence-electron chi connectivity index (χ0n) is 16.0. The highest BCUT2D eigenvalue weighted by molar-refractivity contribution is 6.06. The van der Waals surface area contributed by atoms with Crippen LogP contribution >= 0.6 is 0 Å². The Morgan fingerprint density at radius 2 is 1.69 bits per heavy atom. The van der Waals surface area contributed by atoms with Gasteiger partial charge in [0.1, 0.15) is 0 Å². The molecule has 0 radical (unpaired) electrons. The van der Waals surface area contributed by atoms with E-state index in [1.54, 1.807) is 47.4 Å². The maximum Gasteiger partial charge on any atom is 0.335 e. The standard InChI is InChI=1S/C24H20N2O3/c1-2-19-9-3-4-12-22(19)26(16-18-8-6-11-21(14-18)24(28)29)23(27)20-10-5-7-17(13-20)15-25/h3-14H,2,16H2,1H3,(H,28,29). The Labute approximate surface area is 169 Å². The highest BCUT2D eigenvalue weighted by Gasteiger charge is 2.21. The molecule has 0 aliphatic heterocycles. The molecule has 0 heterocycles. The molecule has 0 aliphatic rings. The fourth-order valence-electron chi connectivity index (χ4n) is 3.20. The molecule has 3 rings (SSSR count). The minimum Gasteiger partial charge on any atom is -0.478 e. The van der Waals surface area contributed by atoms with Crippen LogP contribution in [0.5, 0.6) is 0 Å². The summed E-state index contributed by atoms with van der Waals surface area (Å²) in [4.78, 5) is 26.4. The van der Waals surface area contributed by atoms with E-state index < -0.39 is 5.97 Å². The Kier molecular flexibility index (Phi) is 6.06. The molecular formula is C24H20N2O3. The maximum absolute atomic E-state index is 13.4. The lowest BCUT2D eigenvalue weighted by Gasteiger charge is -2.26. The number of hydrogen-bond donors (Lipinski definition) is 1. The lowest BCUT2D eigenvalue weighted by atomic mass is 10.0. The third-order valence-electron chi connectivity index (χ3n) is 4.66. The number of amides is 1. The molecule has 0 atom stereocenters. The second-order valence-corrected chi connectivity index (χ2v) is 6.57. The molecule has 0 unspecified atom stereocenters. The van der Waals surface area contributed by atoms with Gasteiger partial charge in [-0.05, 0) is 53.9 Å². The predicted molar refractivity (Wildman–Crippen MR) is 111 cm³/mol. The number of aryl methyl sites for hydroxylation is 1. The molecule has 0 spiro atoms. The number of benzene rings is 3. The van der Waals surface area contributed by atoms with E-state index in [9.17, 15) is 14.7 Å². The Hall–Kier alpha value is -3.91. The first kappa shape index (κ1) is 19.8. The summed E-state index contributed by atoms with van der Waals surface area (Å²) in [5, 5.41) is 18.4. The van der Waals surface area contributed by atoms with Gasteiger partial charge >= 0.3 is 5.97 Å². The Bertz CT molecular complexity index is 1100. The van der Waals surface area contributed by atoms with Crippen LogP contribution < -0.4 is 4.90 Å². The third kappa shape index (κ3) is 4.50. The van der Waals surface area contributed by atoms with Gasteiger partial charge in [0.05, 0.1) is 23.7 Å². The normalized spacial score (nSPS) is 10.2. The topological polar surface area (TPSA) is 81.4 Å². The molecule has 0 bridgehead atoms. The zero-order valence-corrected chi connectivity index (χ0v) is 16.0. The predicted octanol–water partition coefficient (Wildman–Crippen LogP) is 4.67. The summed E-state index contributed by atoms with van der Waals surface area (Å²) in [5.41, 5.74) is 3.47. The quantitative estimate of drug-likeness (QED) is 0.670. The van der Waals surface area contributed by atoms with Crippen LogP contribution in [0.1, 0.15) is 44.3 Å². The van der Waals surface area contributed by atoms with Crippen molar-refractivity contribution in [2.24, 2.45) is 0 Å². The third-order valence-corrected chi connectivity index (χ3v) is 4.66. The van der Waals surface area contributed by atoms with Crippen molar-refractivity contribution in [1.82, 2.24) is 0 Å². The number of carboxylic acids is 1. The zero-order chi connectivity index (χ0) is 20.8. The highest BCUT2D eigenvalue weighted by atomic mass is 16.4. The highest BCUT2D eigenvalue weighted by Crippen LogP contribution is 2.25. The van der Waals surface area contributed by atoms with Crippen molar-refractivity contribution >= 4 is 17.6 Å². The second-order valence-electron chi connectivity index (χ2n) is 6.57. The molecule has 144 valence electrons. The van der Waals surface area contributed by atoms with Gasteiger partial charge in [0.2, 0.25) is 0 Å². The van der Waals surface area contributed by atoms with Crippen molar-refractivity contribution in [2.75, 3.05) is 4.90 Å². The van der Waals surface area contributed by atoms with Crippen LogP contribution in [-0.4, -0.2) is 17.0 Å². The van der Waals surface area contributed by atoms with E-state index in [4.69, 9.17) is 5.26 Å². The van der Waals surface area contributed by atoms with Gasteiger partial charge in [-0.3, -0.25) is 4.79 Å². The number of carbonyl (C=O) groups excluding carboxylic acids is 1. The van der Waals surface area contributed by atoms with Crippen molar-refractivity contribution < 1.29 is 14.7 Å². The number of carbonyl (C=O) groups is 2. The summed E-state index contributed by atoms with van der Waals surface area (Å²) in [6.07, 6.45) is 0.743. The van der Waals surface area contributed by atoms with Crippen molar-refractivity contribution in [3.05, 3.63) is 101 Å². The van der Waals surface area contributed by atoms with Crippen molar-refractivity contribution in [3.8, 4) is 6.07 Å². The number of carboxylic acid groups (broad SMARTS) is 1. The number of nitriles is 1. The van der Waals surface area contributed by atoms with Crippen molar-refractivity contribution in [2.45, 2.75) is 19.9 Å². The van der Waals surface area contributed by atoms with E-state index in [2.05, 4.69) is 6.07 Å². The van der Waals surface area contributed by atoms with Gasteiger partial charge in [-0.1, -0.05) is 43.3 Å². The number of rotatable bonds is 6. The summed E-state index contributed by atoms with van der Waals surface area (Å²) < 4.78 is 0. The van der Waals surface area contributed by atoms with Crippen LogP contribution in [0.4, 0.5) is 5.69 Å². The molecular weight excluding hydrogens is 364 g/mol. The molecule has 5 nitrogen and oxygen atoms in total. The van der Waals surface area contributed by atoms with Gasteiger partial charge in [-0.25, -0.2) is 4.79 Å². The Morgan fingerprint density at radius 1 is 0.966 bits per heavy atom. The Morgan fingerprint density at radius 3 is 2.41 bits per heavy atom. The molecule has 29 heavy (non-hydrogen) atoms. The largest absolute Gasteiger partial charge is 0.478 e. The number of nitrogens with zero attached hydrogens (tertiary/aromatic N) is 2. The molecule has 0 aliphatic carbocycles. The minimum atomic E-state index is -1.01. The number of hydrogen-bond acceptors (Lipinski definition) is 3. The van der Waals surface area contributed by atoms with Gasteiger partial charge in [-0.2, -0.15) is 5.26 Å². The first-order valence-electron chi connectivity index (χ1n) is 9.25. The van der Waals surface area contributed by atoms with Gasteiger partial charge < -0.3 is 10.0 Å². The van der Waals surface area contributed by atoms with E-state index in [1.807, 2.05) is 31.2 Å². The molecule has 1 N–H and O–H groups in total. The van der Waals surface area contributed by atoms with Crippen LogP contribution in [0.3, 0.4) is 0 Å². The van der Waals surface area contributed by atoms with Crippen LogP contribution in [0.25, 0.3) is 0 Å². The van der Waals surface area contributed by atoms with E-state index in [1.165, 1.54) is 6.07 Å². The van der Waals surface area contributed by atoms with Crippen LogP contribution in [0.15, 0.2) is 72.8 Å². The maximum atomic E-state index is 13.4. The first-order chi connectivity index (χ1) is 14.0. The van der Waals surface area contributed by atoms with Crippen LogP contribution in [-0.2, 0) is 13.0 Å². The fraction of sp³-hybridized carbons (Fsp3) is 0.125. The SMILES string of the molecule is CCc1ccccc1N(Cc1cccc(C(=O)O)c1)C(=O)c1cccc(C#N)c1. The summed E-state index contributed by atoms with van der Waals surface area (Å²) in [7, 11) is 0. The second kappa shape index (κ2) is 8.85. The van der Waals surface area contributed by atoms with Crippen LogP contribution in [0.2, 0.25) is 0 Å². The van der Waals surface area contributed by atoms with Crippen LogP contribution in [0, 0.1) is 11.3 Å². The molecule has 3 aromatic rings. The lowest BCUT2D eigenvalue weighted by Crippen LogP contribution is -2.31. The van der Waals surface area contributed by atoms with Gasteiger partial charge in [0, 0.05) is 11.3 Å². The number of anilines is 1. The smallest absolute Gasteiger partial charge is 0.335 e. The molecule has 0 aromatic heterocycles. The monoisotopic (exact) mass is 384 g/mol. The lowest BCUT2D eigenvalue weighted by molar-refractivity contribution is 0.0696. The molecule has 3 aromatic carbocycles. The van der Waals surface area contributed by atoms with Gasteiger partial charge in [0.25, 0.3) is 5.91 Å². The van der Waals surface area contributed by atoms with Gasteiger partial charge in [-0.15, -0.1) is 0 Å². The summed E-state index contributed by atoms with van der Waals surface area (Å²) >= 11 is 0. The van der Waals surface area contributed by atoms with Crippen molar-refractivity contribution in [3.63, 3.8) is 0 Å². The average molecular weight is 384 g/mol. The molecule has 0 fully saturated rings. The van der Waals surface area contributed by atoms with E-state index >= 15 is 0 Å². The molecule has 1 amide bonds. The summed E-state index contributed by atoms with van der Waals surface area (Å²) in [5.74, 6) is -1.26.